The van der Waals surface area contributed by atoms with Gasteiger partial charge in [-0.25, -0.2) is 0 Å². The summed E-state index contributed by atoms with van der Waals surface area (Å²) in [6.45, 7) is 13.7. The molecule has 1 aliphatic rings. The van der Waals surface area contributed by atoms with Gasteiger partial charge < -0.3 is 4.84 Å². The van der Waals surface area contributed by atoms with E-state index in [4.69, 9.17) is 4.84 Å². The van der Waals surface area contributed by atoms with Gasteiger partial charge in [-0.2, -0.15) is 0 Å². The summed E-state index contributed by atoms with van der Waals surface area (Å²) in [6.07, 6.45) is 2.43. The van der Waals surface area contributed by atoms with Crippen molar-refractivity contribution < 1.29 is 4.84 Å². The lowest BCUT2D eigenvalue weighted by Crippen LogP contribution is -2.34. The first-order chi connectivity index (χ1) is 12.2. The van der Waals surface area contributed by atoms with Crippen molar-refractivity contribution >= 4 is 5.71 Å². The summed E-state index contributed by atoms with van der Waals surface area (Å²) < 4.78 is 0. The minimum Gasteiger partial charge on any atom is -0.399 e. The third-order valence-corrected chi connectivity index (χ3v) is 5.96. The summed E-state index contributed by atoms with van der Waals surface area (Å²) in [5.41, 5.74) is 9.00. The molecule has 0 fully saturated rings. The van der Waals surface area contributed by atoms with Crippen LogP contribution in [0.15, 0.2) is 41.6 Å². The van der Waals surface area contributed by atoms with E-state index in [1.165, 1.54) is 40.7 Å². The molecule has 2 nitrogen and oxygen atoms in total. The number of fused-ring (bicyclic) bond motifs is 1. The van der Waals surface area contributed by atoms with Crippen LogP contribution in [0.1, 0.15) is 73.9 Å². The molecule has 0 bridgehead atoms. The standard InChI is InChI=1S/C24H31NO/c1-16-8-10-18(11-9-16)22(25-26-7)19-15-21-20(14-17(19)2)23(3,4)12-13-24(21,5)6/h8-11,14-15H,12-13H2,1-7H3/b25-22-. The van der Waals surface area contributed by atoms with E-state index in [0.717, 1.165) is 11.3 Å². The lowest BCUT2D eigenvalue weighted by Gasteiger charge is -2.42. The number of aryl methyl sites for hydroxylation is 2. The number of oxime groups is 1. The summed E-state index contributed by atoms with van der Waals surface area (Å²) in [6, 6.07) is 13.2. The summed E-state index contributed by atoms with van der Waals surface area (Å²) >= 11 is 0. The van der Waals surface area contributed by atoms with Gasteiger partial charge in [-0.3, -0.25) is 0 Å². The lowest BCUT2D eigenvalue weighted by atomic mass is 9.62. The topological polar surface area (TPSA) is 21.6 Å². The molecule has 2 heteroatoms. The van der Waals surface area contributed by atoms with Crippen molar-refractivity contribution in [2.75, 3.05) is 7.11 Å². The maximum Gasteiger partial charge on any atom is 0.117 e. The molecule has 0 radical (unpaired) electrons. The van der Waals surface area contributed by atoms with Gasteiger partial charge in [-0.05, 0) is 60.3 Å². The van der Waals surface area contributed by atoms with E-state index in [1.807, 2.05) is 0 Å². The van der Waals surface area contributed by atoms with Crippen molar-refractivity contribution in [2.45, 2.75) is 65.2 Å². The molecule has 0 amide bonds. The molecule has 0 N–H and O–H groups in total. The first-order valence-electron chi connectivity index (χ1n) is 9.50. The molecular weight excluding hydrogens is 318 g/mol. The Morgan fingerprint density at radius 1 is 0.885 bits per heavy atom. The zero-order valence-electron chi connectivity index (χ0n) is 17.2. The largest absolute Gasteiger partial charge is 0.399 e. The molecule has 3 rings (SSSR count). The van der Waals surface area contributed by atoms with E-state index in [0.29, 0.717) is 0 Å². The Labute approximate surface area is 158 Å². The van der Waals surface area contributed by atoms with E-state index in [-0.39, 0.29) is 10.8 Å². The Hall–Kier alpha value is -2.09. The van der Waals surface area contributed by atoms with Gasteiger partial charge >= 0.3 is 0 Å². The second-order valence-electron chi connectivity index (χ2n) is 8.97. The Kier molecular flexibility index (Phi) is 4.72. The third-order valence-electron chi connectivity index (χ3n) is 5.96. The van der Waals surface area contributed by atoms with Crippen molar-refractivity contribution in [1.82, 2.24) is 0 Å². The van der Waals surface area contributed by atoms with Gasteiger partial charge in [0, 0.05) is 11.1 Å². The van der Waals surface area contributed by atoms with Crippen LogP contribution in [0.3, 0.4) is 0 Å². The van der Waals surface area contributed by atoms with Gasteiger partial charge in [-0.15, -0.1) is 0 Å². The number of hydrogen-bond donors (Lipinski definition) is 0. The van der Waals surface area contributed by atoms with Gasteiger partial charge in [0.2, 0.25) is 0 Å². The first-order valence-corrected chi connectivity index (χ1v) is 9.50. The molecule has 0 atom stereocenters. The first kappa shape index (κ1) is 18.7. The molecule has 0 aromatic heterocycles. The predicted molar refractivity (Wildman–Crippen MR) is 110 cm³/mol. The summed E-state index contributed by atoms with van der Waals surface area (Å²) in [4.78, 5) is 5.22. The number of nitrogens with zero attached hydrogens (tertiary/aromatic N) is 1. The Bertz CT molecular complexity index is 841. The molecule has 0 unspecified atom stereocenters. The highest BCUT2D eigenvalue weighted by atomic mass is 16.6. The normalized spacial score (nSPS) is 18.3. The third kappa shape index (κ3) is 3.30. The fourth-order valence-corrected chi connectivity index (χ4v) is 4.04. The van der Waals surface area contributed by atoms with E-state index in [2.05, 4.69) is 83.1 Å². The Morgan fingerprint density at radius 2 is 1.42 bits per heavy atom. The molecule has 0 heterocycles. The average molecular weight is 350 g/mol. The molecule has 1 aliphatic carbocycles. The van der Waals surface area contributed by atoms with Crippen LogP contribution < -0.4 is 0 Å². The van der Waals surface area contributed by atoms with Crippen molar-refractivity contribution in [3.05, 3.63) is 69.8 Å². The molecule has 138 valence electrons. The molecule has 2 aromatic rings. The number of benzene rings is 2. The molecule has 0 saturated carbocycles. The lowest BCUT2D eigenvalue weighted by molar-refractivity contribution is 0.214. The fourth-order valence-electron chi connectivity index (χ4n) is 4.04. The maximum absolute atomic E-state index is 5.22. The monoisotopic (exact) mass is 349 g/mol. The Balaban J connectivity index is 2.21. The van der Waals surface area contributed by atoms with Gasteiger partial charge in [-0.1, -0.05) is 68.7 Å². The van der Waals surface area contributed by atoms with Crippen LogP contribution in [0, 0.1) is 13.8 Å². The maximum atomic E-state index is 5.22. The quantitative estimate of drug-likeness (QED) is 0.488. The average Bonchev–Trinajstić information content (AvgIpc) is 2.58. The second-order valence-corrected chi connectivity index (χ2v) is 8.97. The predicted octanol–water partition coefficient (Wildman–Crippen LogP) is 6.05. The van der Waals surface area contributed by atoms with Crippen LogP contribution in [0.2, 0.25) is 0 Å². The zero-order chi connectivity index (χ0) is 19.1. The van der Waals surface area contributed by atoms with Crippen LogP contribution in [-0.2, 0) is 15.7 Å². The van der Waals surface area contributed by atoms with Gasteiger partial charge in [0.05, 0.1) is 0 Å². The van der Waals surface area contributed by atoms with Crippen molar-refractivity contribution in [3.63, 3.8) is 0 Å². The highest BCUT2D eigenvalue weighted by Gasteiger charge is 2.37. The van der Waals surface area contributed by atoms with E-state index >= 15 is 0 Å². The number of rotatable bonds is 3. The molecule has 0 spiro atoms. The Morgan fingerprint density at radius 3 is 1.96 bits per heavy atom. The van der Waals surface area contributed by atoms with Crippen LogP contribution in [0.25, 0.3) is 0 Å². The summed E-state index contributed by atoms with van der Waals surface area (Å²) in [7, 11) is 1.62. The SMILES string of the molecule is CO/N=C(/c1ccc(C)cc1)c1cc2c(cc1C)C(C)(C)CCC2(C)C. The molecular formula is C24H31NO. The second kappa shape index (κ2) is 6.57. The molecule has 0 aliphatic heterocycles. The van der Waals surface area contributed by atoms with Gasteiger partial charge in [0.15, 0.2) is 0 Å². The highest BCUT2D eigenvalue weighted by Crippen LogP contribution is 2.46. The van der Waals surface area contributed by atoms with Crippen LogP contribution in [0.5, 0.6) is 0 Å². The molecule has 0 saturated heterocycles. The van der Waals surface area contributed by atoms with Crippen molar-refractivity contribution in [1.29, 1.82) is 0 Å². The highest BCUT2D eigenvalue weighted by molar-refractivity contribution is 6.13. The van der Waals surface area contributed by atoms with Crippen molar-refractivity contribution in [2.24, 2.45) is 5.16 Å². The van der Waals surface area contributed by atoms with E-state index in [1.54, 1.807) is 7.11 Å². The minimum absolute atomic E-state index is 0.179. The molecule has 26 heavy (non-hydrogen) atoms. The molecule has 2 aromatic carbocycles. The van der Waals surface area contributed by atoms with Crippen LogP contribution in [-0.4, -0.2) is 12.8 Å². The van der Waals surface area contributed by atoms with Gasteiger partial charge in [0.25, 0.3) is 0 Å². The van der Waals surface area contributed by atoms with E-state index < -0.39 is 0 Å². The summed E-state index contributed by atoms with van der Waals surface area (Å²) in [5.74, 6) is 0. The van der Waals surface area contributed by atoms with E-state index in [9.17, 15) is 0 Å². The fraction of sp³-hybridized carbons (Fsp3) is 0.458. The van der Waals surface area contributed by atoms with Crippen molar-refractivity contribution in [3.8, 4) is 0 Å². The summed E-state index contributed by atoms with van der Waals surface area (Å²) in [5, 5.41) is 4.40. The smallest absolute Gasteiger partial charge is 0.117 e. The van der Waals surface area contributed by atoms with Gasteiger partial charge in [0.1, 0.15) is 12.8 Å². The number of hydrogen-bond acceptors (Lipinski definition) is 2. The van der Waals surface area contributed by atoms with Crippen LogP contribution in [0.4, 0.5) is 0 Å². The zero-order valence-corrected chi connectivity index (χ0v) is 17.2. The van der Waals surface area contributed by atoms with Crippen LogP contribution >= 0.6 is 0 Å². The minimum atomic E-state index is 0.179.